The number of rotatable bonds is 3. The second-order valence-electron chi connectivity index (χ2n) is 3.77. The van der Waals surface area contributed by atoms with Gasteiger partial charge in [-0.3, -0.25) is 9.78 Å². The lowest BCUT2D eigenvalue weighted by Gasteiger charge is -2.15. The van der Waals surface area contributed by atoms with Crippen molar-refractivity contribution in [2.75, 3.05) is 5.32 Å². The Balaban J connectivity index is 2.71. The molecule has 4 nitrogen and oxygen atoms in total. The highest BCUT2D eigenvalue weighted by atomic mass is 16.1. The van der Waals surface area contributed by atoms with Gasteiger partial charge in [0.1, 0.15) is 0 Å². The molecule has 0 fully saturated rings. The van der Waals surface area contributed by atoms with E-state index < -0.39 is 0 Å². The number of nitrogens with zero attached hydrogens (tertiary/aromatic N) is 1. The highest BCUT2D eigenvalue weighted by Gasteiger charge is 2.17. The van der Waals surface area contributed by atoms with Gasteiger partial charge in [-0.05, 0) is 26.0 Å². The Morgan fingerprint density at radius 2 is 2.20 bits per heavy atom. The van der Waals surface area contributed by atoms with E-state index >= 15 is 0 Å². The van der Waals surface area contributed by atoms with Gasteiger partial charge in [-0.1, -0.05) is 6.92 Å². The van der Waals surface area contributed by atoms with E-state index in [9.17, 15) is 4.79 Å². The molecule has 1 heterocycles. The molecule has 0 aliphatic rings. The molecule has 0 spiro atoms. The van der Waals surface area contributed by atoms with Crippen molar-refractivity contribution in [3.05, 3.63) is 24.0 Å². The van der Waals surface area contributed by atoms with Crippen LogP contribution >= 0.6 is 0 Å². The normalized spacial score (nSPS) is 14.4. The fraction of sp³-hybridized carbons (Fsp3) is 0.455. The molecule has 0 saturated heterocycles. The van der Waals surface area contributed by atoms with Crippen molar-refractivity contribution in [2.24, 2.45) is 11.7 Å². The Hall–Kier alpha value is -1.42. The number of nitrogens with one attached hydrogen (secondary N) is 1. The first kappa shape index (κ1) is 11.7. The van der Waals surface area contributed by atoms with Gasteiger partial charge in [-0.25, -0.2) is 0 Å². The first-order valence-corrected chi connectivity index (χ1v) is 5.00. The van der Waals surface area contributed by atoms with Crippen molar-refractivity contribution >= 4 is 11.6 Å². The molecule has 3 N–H and O–H groups in total. The molecule has 15 heavy (non-hydrogen) atoms. The van der Waals surface area contributed by atoms with Crippen LogP contribution < -0.4 is 11.1 Å². The molecule has 1 amide bonds. The third-order valence-corrected chi connectivity index (χ3v) is 2.47. The Morgan fingerprint density at radius 3 is 2.73 bits per heavy atom. The summed E-state index contributed by atoms with van der Waals surface area (Å²) in [6, 6.07) is 3.47. The Labute approximate surface area is 89.9 Å². The van der Waals surface area contributed by atoms with Gasteiger partial charge in [0.25, 0.3) is 0 Å². The van der Waals surface area contributed by atoms with Gasteiger partial charge in [-0.2, -0.15) is 0 Å². The molecule has 2 unspecified atom stereocenters. The summed E-state index contributed by atoms with van der Waals surface area (Å²) >= 11 is 0. The number of amides is 1. The van der Waals surface area contributed by atoms with Crippen molar-refractivity contribution in [3.63, 3.8) is 0 Å². The van der Waals surface area contributed by atoms with E-state index in [0.717, 1.165) is 11.4 Å². The third-order valence-electron chi connectivity index (χ3n) is 2.47. The van der Waals surface area contributed by atoms with E-state index in [1.165, 1.54) is 0 Å². The molecule has 1 rings (SSSR count). The maximum absolute atomic E-state index is 11.7. The predicted molar refractivity (Wildman–Crippen MR) is 60.4 cm³/mol. The summed E-state index contributed by atoms with van der Waals surface area (Å²) in [4.78, 5) is 15.8. The Bertz CT molecular complexity index is 349. The van der Waals surface area contributed by atoms with Crippen LogP contribution in [0.3, 0.4) is 0 Å². The lowest BCUT2D eigenvalue weighted by atomic mass is 10.0. The number of hydrogen-bond acceptors (Lipinski definition) is 3. The minimum Gasteiger partial charge on any atom is -0.327 e. The van der Waals surface area contributed by atoms with Crippen LogP contribution in [0.2, 0.25) is 0 Å². The number of pyridine rings is 1. The summed E-state index contributed by atoms with van der Waals surface area (Å²) in [6.07, 6.45) is 1.69. The number of aryl methyl sites for hydroxylation is 1. The summed E-state index contributed by atoms with van der Waals surface area (Å²) in [5.74, 6) is -0.272. The fourth-order valence-electron chi connectivity index (χ4n) is 1.10. The van der Waals surface area contributed by atoms with Crippen LogP contribution in [-0.4, -0.2) is 16.9 Å². The van der Waals surface area contributed by atoms with Gasteiger partial charge in [0.15, 0.2) is 0 Å². The summed E-state index contributed by atoms with van der Waals surface area (Å²) < 4.78 is 0. The number of anilines is 1. The first-order valence-electron chi connectivity index (χ1n) is 5.00. The minimum absolute atomic E-state index is 0.0684. The molecule has 0 aliphatic heterocycles. The van der Waals surface area contributed by atoms with E-state index in [4.69, 9.17) is 5.73 Å². The van der Waals surface area contributed by atoms with Gasteiger partial charge < -0.3 is 11.1 Å². The quantitative estimate of drug-likeness (QED) is 0.785. The lowest BCUT2D eigenvalue weighted by molar-refractivity contribution is -0.119. The average molecular weight is 207 g/mol. The summed E-state index contributed by atoms with van der Waals surface area (Å²) in [7, 11) is 0. The number of carbonyl (C=O) groups is 1. The van der Waals surface area contributed by atoms with Gasteiger partial charge >= 0.3 is 0 Å². The molecule has 1 aromatic rings. The minimum atomic E-state index is -0.204. The smallest absolute Gasteiger partial charge is 0.228 e. The average Bonchev–Trinajstić information content (AvgIpc) is 2.20. The molecular weight excluding hydrogens is 190 g/mol. The largest absolute Gasteiger partial charge is 0.327 e. The summed E-state index contributed by atoms with van der Waals surface area (Å²) in [5, 5.41) is 2.81. The van der Waals surface area contributed by atoms with Gasteiger partial charge in [0.2, 0.25) is 5.91 Å². The SMILES string of the molecule is Cc1ncccc1NC(=O)C(C)C(C)N. The topological polar surface area (TPSA) is 68.0 Å². The van der Waals surface area contributed by atoms with Crippen molar-refractivity contribution in [3.8, 4) is 0 Å². The van der Waals surface area contributed by atoms with Crippen LogP contribution in [0.5, 0.6) is 0 Å². The number of nitrogens with two attached hydrogens (primary N) is 1. The summed E-state index contributed by atoms with van der Waals surface area (Å²) in [6.45, 7) is 5.48. The molecular formula is C11H17N3O. The zero-order chi connectivity index (χ0) is 11.4. The van der Waals surface area contributed by atoms with E-state index in [1.807, 2.05) is 26.8 Å². The predicted octanol–water partition coefficient (Wildman–Crippen LogP) is 1.31. The fourth-order valence-corrected chi connectivity index (χ4v) is 1.10. The van der Waals surface area contributed by atoms with Gasteiger partial charge in [-0.15, -0.1) is 0 Å². The van der Waals surface area contributed by atoms with Crippen molar-refractivity contribution < 1.29 is 4.79 Å². The highest BCUT2D eigenvalue weighted by molar-refractivity contribution is 5.93. The molecule has 0 aliphatic carbocycles. The highest BCUT2D eigenvalue weighted by Crippen LogP contribution is 2.12. The molecule has 0 saturated carbocycles. The first-order chi connectivity index (χ1) is 7.02. The molecule has 0 bridgehead atoms. The van der Waals surface area contributed by atoms with Crippen molar-refractivity contribution in [1.29, 1.82) is 0 Å². The Kier molecular flexibility index (Phi) is 3.80. The van der Waals surface area contributed by atoms with Crippen molar-refractivity contribution in [1.82, 2.24) is 4.98 Å². The van der Waals surface area contributed by atoms with Gasteiger partial charge in [0, 0.05) is 12.2 Å². The van der Waals surface area contributed by atoms with Gasteiger partial charge in [0.05, 0.1) is 17.3 Å². The molecule has 0 radical (unpaired) electrons. The van der Waals surface area contributed by atoms with E-state index in [2.05, 4.69) is 10.3 Å². The molecule has 2 atom stereocenters. The maximum atomic E-state index is 11.7. The van der Waals surface area contributed by atoms with Crippen LogP contribution in [0.15, 0.2) is 18.3 Å². The number of hydrogen-bond donors (Lipinski definition) is 2. The van der Waals surface area contributed by atoms with Crippen LogP contribution in [0.1, 0.15) is 19.5 Å². The van der Waals surface area contributed by atoms with Crippen molar-refractivity contribution in [2.45, 2.75) is 26.8 Å². The van der Waals surface area contributed by atoms with Crippen LogP contribution in [0, 0.1) is 12.8 Å². The third kappa shape index (κ3) is 3.02. The molecule has 82 valence electrons. The maximum Gasteiger partial charge on any atom is 0.228 e. The molecule has 4 heteroatoms. The molecule has 0 aromatic carbocycles. The van der Waals surface area contributed by atoms with E-state index in [1.54, 1.807) is 12.3 Å². The van der Waals surface area contributed by atoms with Crippen LogP contribution in [-0.2, 0) is 4.79 Å². The monoisotopic (exact) mass is 207 g/mol. The van der Waals surface area contributed by atoms with E-state index in [-0.39, 0.29) is 17.9 Å². The molecule has 1 aromatic heterocycles. The van der Waals surface area contributed by atoms with Crippen LogP contribution in [0.25, 0.3) is 0 Å². The van der Waals surface area contributed by atoms with E-state index in [0.29, 0.717) is 0 Å². The zero-order valence-electron chi connectivity index (χ0n) is 9.32. The Morgan fingerprint density at radius 1 is 1.53 bits per heavy atom. The van der Waals surface area contributed by atoms with Crippen LogP contribution in [0.4, 0.5) is 5.69 Å². The summed E-state index contributed by atoms with van der Waals surface area (Å²) in [5.41, 5.74) is 7.21. The second-order valence-corrected chi connectivity index (χ2v) is 3.77. The standard InChI is InChI=1S/C11H17N3O/c1-7(8(2)12)11(15)14-10-5-4-6-13-9(10)3/h4-8H,12H2,1-3H3,(H,14,15). The zero-order valence-corrected chi connectivity index (χ0v) is 9.32. The number of aromatic nitrogens is 1. The number of carbonyl (C=O) groups excluding carboxylic acids is 1. The lowest BCUT2D eigenvalue weighted by Crippen LogP contribution is -2.34. The second kappa shape index (κ2) is 4.89.